The van der Waals surface area contributed by atoms with Gasteiger partial charge in [0.05, 0.1) is 22.9 Å². The van der Waals surface area contributed by atoms with Gasteiger partial charge in [0.15, 0.2) is 5.11 Å². The van der Waals surface area contributed by atoms with E-state index in [9.17, 15) is 0 Å². The van der Waals surface area contributed by atoms with E-state index in [1.807, 2.05) is 35.9 Å². The second-order valence-corrected chi connectivity index (χ2v) is 5.77. The molecule has 0 aliphatic heterocycles. The Balaban J connectivity index is 1.94. The highest BCUT2D eigenvalue weighted by atomic mass is 79.9. The predicted molar refractivity (Wildman–Crippen MR) is 90.1 cm³/mol. The molecule has 2 N–H and O–H groups in total. The molecule has 0 saturated carbocycles. The van der Waals surface area contributed by atoms with Crippen molar-refractivity contribution in [3.63, 3.8) is 0 Å². The summed E-state index contributed by atoms with van der Waals surface area (Å²) in [5.74, 6) is 0. The number of thiocarbonyl (C=S) groups is 1. The molecule has 7 heteroatoms. The largest absolute Gasteiger partial charge is 0.357 e. The number of nitrogens with zero attached hydrogens (tertiary/aromatic N) is 2. The highest BCUT2D eigenvalue weighted by molar-refractivity contribution is 9.10. The maximum Gasteiger partial charge on any atom is 0.171 e. The Hall–Kier alpha value is -1.11. The number of halogens is 2. The van der Waals surface area contributed by atoms with E-state index >= 15 is 0 Å². The number of aryl methyl sites for hydroxylation is 1. The first-order chi connectivity index (χ1) is 9.60. The quantitative estimate of drug-likeness (QED) is 0.800. The SMILES string of the molecule is CCn1ncc(Br)c1CNC(=S)Nc1cccc(Cl)c1. The lowest BCUT2D eigenvalue weighted by molar-refractivity contribution is 0.613. The van der Waals surface area contributed by atoms with Gasteiger partial charge in [-0.1, -0.05) is 17.7 Å². The van der Waals surface area contributed by atoms with E-state index in [2.05, 4.69) is 31.7 Å². The summed E-state index contributed by atoms with van der Waals surface area (Å²) in [6.07, 6.45) is 1.79. The highest BCUT2D eigenvalue weighted by Crippen LogP contribution is 2.16. The maximum atomic E-state index is 5.93. The lowest BCUT2D eigenvalue weighted by Crippen LogP contribution is -2.29. The van der Waals surface area contributed by atoms with Gasteiger partial charge in [0.25, 0.3) is 0 Å². The molecule has 0 bridgehead atoms. The number of hydrogen-bond acceptors (Lipinski definition) is 2. The fourth-order valence-corrected chi connectivity index (χ4v) is 2.56. The van der Waals surface area contributed by atoms with Gasteiger partial charge in [-0.3, -0.25) is 4.68 Å². The lowest BCUT2D eigenvalue weighted by atomic mass is 10.3. The van der Waals surface area contributed by atoms with Crippen LogP contribution in [0.15, 0.2) is 34.9 Å². The maximum absolute atomic E-state index is 5.93. The van der Waals surface area contributed by atoms with E-state index in [-0.39, 0.29) is 0 Å². The monoisotopic (exact) mass is 372 g/mol. The molecule has 2 aromatic rings. The van der Waals surface area contributed by atoms with Gasteiger partial charge in [0, 0.05) is 17.3 Å². The van der Waals surface area contributed by atoms with Gasteiger partial charge in [-0.15, -0.1) is 0 Å². The van der Waals surface area contributed by atoms with E-state index in [1.165, 1.54) is 0 Å². The van der Waals surface area contributed by atoms with Gasteiger partial charge in [-0.2, -0.15) is 5.10 Å². The summed E-state index contributed by atoms with van der Waals surface area (Å²) < 4.78 is 2.89. The van der Waals surface area contributed by atoms with Crippen LogP contribution in [0, 0.1) is 0 Å². The Labute approximate surface area is 136 Å². The molecule has 1 heterocycles. The summed E-state index contributed by atoms with van der Waals surface area (Å²) in [5.41, 5.74) is 1.92. The summed E-state index contributed by atoms with van der Waals surface area (Å²) in [6.45, 7) is 3.46. The topological polar surface area (TPSA) is 41.9 Å². The standard InChI is InChI=1S/C13H14BrClN4S/c1-2-19-12(11(14)7-17-19)8-16-13(20)18-10-5-3-4-9(15)6-10/h3-7H,2,8H2,1H3,(H2,16,18,20). The molecule has 2 rings (SSSR count). The number of hydrogen-bond donors (Lipinski definition) is 2. The van der Waals surface area contributed by atoms with Crippen LogP contribution in [0.2, 0.25) is 5.02 Å². The lowest BCUT2D eigenvalue weighted by Gasteiger charge is -2.12. The Morgan fingerprint density at radius 2 is 2.30 bits per heavy atom. The molecule has 0 amide bonds. The third kappa shape index (κ3) is 3.94. The number of benzene rings is 1. The minimum atomic E-state index is 0.544. The second kappa shape index (κ2) is 7.06. The minimum Gasteiger partial charge on any atom is -0.357 e. The smallest absolute Gasteiger partial charge is 0.171 e. The van der Waals surface area contributed by atoms with Crippen molar-refractivity contribution in [1.29, 1.82) is 0 Å². The van der Waals surface area contributed by atoms with E-state index in [4.69, 9.17) is 23.8 Å². The van der Waals surface area contributed by atoms with Crippen molar-refractivity contribution in [2.24, 2.45) is 0 Å². The van der Waals surface area contributed by atoms with E-state index in [1.54, 1.807) is 6.20 Å². The molecular weight excluding hydrogens is 360 g/mol. The first-order valence-corrected chi connectivity index (χ1v) is 7.68. The molecule has 1 aromatic heterocycles. The molecule has 0 aliphatic rings. The number of rotatable bonds is 4. The Morgan fingerprint density at radius 1 is 1.50 bits per heavy atom. The summed E-state index contributed by atoms with van der Waals surface area (Å²) in [6, 6.07) is 7.42. The van der Waals surface area contributed by atoms with Crippen LogP contribution < -0.4 is 10.6 Å². The van der Waals surface area contributed by atoms with Crippen molar-refractivity contribution < 1.29 is 0 Å². The van der Waals surface area contributed by atoms with Gasteiger partial charge < -0.3 is 10.6 Å². The fourth-order valence-electron chi connectivity index (χ4n) is 1.74. The average Bonchev–Trinajstić information content (AvgIpc) is 2.77. The normalized spacial score (nSPS) is 10.3. The molecule has 0 atom stereocenters. The predicted octanol–water partition coefficient (Wildman–Crippen LogP) is 3.81. The van der Waals surface area contributed by atoms with Crippen molar-refractivity contribution in [3.8, 4) is 0 Å². The molecule has 0 spiro atoms. The van der Waals surface area contributed by atoms with Crippen molar-refractivity contribution >= 4 is 50.5 Å². The van der Waals surface area contributed by atoms with Crippen molar-refractivity contribution in [1.82, 2.24) is 15.1 Å². The summed E-state index contributed by atoms with van der Waals surface area (Å²) in [7, 11) is 0. The molecule has 0 fully saturated rings. The van der Waals surface area contributed by atoms with Crippen molar-refractivity contribution in [2.75, 3.05) is 5.32 Å². The van der Waals surface area contributed by atoms with Crippen LogP contribution >= 0.6 is 39.7 Å². The van der Waals surface area contributed by atoms with Gasteiger partial charge in [-0.05, 0) is 53.3 Å². The zero-order valence-electron chi connectivity index (χ0n) is 10.9. The van der Waals surface area contributed by atoms with Crippen LogP contribution in [0.25, 0.3) is 0 Å². The highest BCUT2D eigenvalue weighted by Gasteiger charge is 2.08. The molecule has 106 valence electrons. The van der Waals surface area contributed by atoms with Gasteiger partial charge in [-0.25, -0.2) is 0 Å². The van der Waals surface area contributed by atoms with Crippen LogP contribution in [0.5, 0.6) is 0 Å². The molecule has 1 aromatic carbocycles. The average molecular weight is 374 g/mol. The van der Waals surface area contributed by atoms with E-state index in [0.717, 1.165) is 22.4 Å². The fraction of sp³-hybridized carbons (Fsp3) is 0.231. The molecule has 0 unspecified atom stereocenters. The van der Waals surface area contributed by atoms with Crippen LogP contribution in [0.4, 0.5) is 5.69 Å². The van der Waals surface area contributed by atoms with Crippen molar-refractivity contribution in [2.45, 2.75) is 20.0 Å². The molecule has 0 saturated heterocycles. The first-order valence-electron chi connectivity index (χ1n) is 6.10. The van der Waals surface area contributed by atoms with Crippen LogP contribution in [0.3, 0.4) is 0 Å². The zero-order chi connectivity index (χ0) is 14.5. The van der Waals surface area contributed by atoms with E-state index in [0.29, 0.717) is 16.7 Å². The summed E-state index contributed by atoms with van der Waals surface area (Å²) in [4.78, 5) is 0. The van der Waals surface area contributed by atoms with Gasteiger partial charge >= 0.3 is 0 Å². The van der Waals surface area contributed by atoms with Gasteiger partial charge in [0.1, 0.15) is 0 Å². The van der Waals surface area contributed by atoms with Crippen molar-refractivity contribution in [3.05, 3.63) is 45.7 Å². The van der Waals surface area contributed by atoms with Crippen LogP contribution in [-0.4, -0.2) is 14.9 Å². The van der Waals surface area contributed by atoms with Crippen LogP contribution in [0.1, 0.15) is 12.6 Å². The van der Waals surface area contributed by atoms with E-state index < -0.39 is 0 Å². The number of aromatic nitrogens is 2. The summed E-state index contributed by atoms with van der Waals surface area (Å²) >= 11 is 14.7. The van der Waals surface area contributed by atoms with Crippen LogP contribution in [-0.2, 0) is 13.1 Å². The third-order valence-electron chi connectivity index (χ3n) is 2.70. The first kappa shape index (κ1) is 15.3. The molecule has 4 nitrogen and oxygen atoms in total. The summed E-state index contributed by atoms with van der Waals surface area (Å²) in [5, 5.41) is 11.7. The third-order valence-corrected chi connectivity index (χ3v) is 3.84. The Bertz CT molecular complexity index is 614. The molecule has 20 heavy (non-hydrogen) atoms. The zero-order valence-corrected chi connectivity index (χ0v) is 14.0. The van der Waals surface area contributed by atoms with Gasteiger partial charge in [0.2, 0.25) is 0 Å². The molecule has 0 aliphatic carbocycles. The molecule has 0 radical (unpaired) electrons. The number of nitrogens with one attached hydrogen (secondary N) is 2. The minimum absolute atomic E-state index is 0.544. The Kier molecular flexibility index (Phi) is 5.39. The number of anilines is 1. The Morgan fingerprint density at radius 3 is 3.00 bits per heavy atom. The second-order valence-electron chi connectivity index (χ2n) is 4.07. The molecular formula is C13H14BrClN4S.